The smallest absolute Gasteiger partial charge is 0.228 e. The van der Waals surface area contributed by atoms with Crippen LogP contribution in [0.2, 0.25) is 0 Å². The summed E-state index contributed by atoms with van der Waals surface area (Å²) in [5.41, 5.74) is 1.04. The maximum absolute atomic E-state index is 12.4. The Morgan fingerprint density at radius 2 is 1.13 bits per heavy atom. The Balaban J connectivity index is 1.19. The van der Waals surface area contributed by atoms with Gasteiger partial charge in [-0.2, -0.15) is 0 Å². The number of aryl methyl sites for hydroxylation is 2. The van der Waals surface area contributed by atoms with Crippen LogP contribution >= 0.6 is 22.7 Å². The van der Waals surface area contributed by atoms with Gasteiger partial charge in [0.25, 0.3) is 0 Å². The van der Waals surface area contributed by atoms with Crippen molar-refractivity contribution in [2.45, 2.75) is 33.1 Å². The third-order valence-corrected chi connectivity index (χ3v) is 6.84. The van der Waals surface area contributed by atoms with Gasteiger partial charge in [0.2, 0.25) is 11.6 Å². The van der Waals surface area contributed by atoms with Crippen molar-refractivity contribution in [1.82, 2.24) is 20.6 Å². The molecule has 2 aromatic rings. The van der Waals surface area contributed by atoms with Crippen molar-refractivity contribution in [1.29, 1.82) is 0 Å². The lowest BCUT2D eigenvalue weighted by atomic mass is 10.0. The van der Waals surface area contributed by atoms with Gasteiger partial charge in [-0.05, 0) is 33.1 Å². The normalized spacial score (nSPS) is 15.4. The SMILES string of the molecule is Cc1nc2c(s1)C(=O)C=C(NCCCCCNC1=CC(=O)c3sc(C)nc3C1=O)C2=O. The minimum absolute atomic E-state index is 0.190. The fourth-order valence-corrected chi connectivity index (χ4v) is 5.06. The molecule has 0 atom stereocenters. The average molecular weight is 457 g/mol. The van der Waals surface area contributed by atoms with Gasteiger partial charge < -0.3 is 10.6 Å². The first-order chi connectivity index (χ1) is 14.8. The number of unbranched alkanes of at least 4 members (excludes halogenated alkanes) is 2. The highest BCUT2D eigenvalue weighted by Gasteiger charge is 2.30. The molecule has 160 valence electrons. The van der Waals surface area contributed by atoms with E-state index >= 15 is 0 Å². The zero-order chi connectivity index (χ0) is 22.1. The van der Waals surface area contributed by atoms with E-state index in [1.165, 1.54) is 34.8 Å². The number of carbonyl (C=O) groups is 4. The summed E-state index contributed by atoms with van der Waals surface area (Å²) in [5.74, 6) is -0.870. The molecular weight excluding hydrogens is 436 g/mol. The van der Waals surface area contributed by atoms with Gasteiger partial charge in [0, 0.05) is 25.2 Å². The molecule has 0 saturated carbocycles. The number of rotatable bonds is 8. The zero-order valence-corrected chi connectivity index (χ0v) is 18.7. The highest BCUT2D eigenvalue weighted by molar-refractivity contribution is 7.14. The van der Waals surface area contributed by atoms with E-state index in [0.29, 0.717) is 32.9 Å². The van der Waals surface area contributed by atoms with Crippen LogP contribution in [0.25, 0.3) is 0 Å². The van der Waals surface area contributed by atoms with E-state index in [9.17, 15) is 19.2 Å². The molecule has 0 amide bonds. The van der Waals surface area contributed by atoms with Gasteiger partial charge in [-0.25, -0.2) is 9.97 Å². The van der Waals surface area contributed by atoms with E-state index in [-0.39, 0.29) is 45.9 Å². The van der Waals surface area contributed by atoms with Crippen LogP contribution in [0.3, 0.4) is 0 Å². The second kappa shape index (κ2) is 8.64. The quantitative estimate of drug-likeness (QED) is 0.582. The molecule has 2 heterocycles. The molecule has 0 spiro atoms. The Morgan fingerprint density at radius 1 is 0.710 bits per heavy atom. The predicted molar refractivity (Wildman–Crippen MR) is 117 cm³/mol. The molecule has 2 aliphatic carbocycles. The summed E-state index contributed by atoms with van der Waals surface area (Å²) in [4.78, 5) is 58.3. The number of hydrogen-bond acceptors (Lipinski definition) is 10. The molecule has 31 heavy (non-hydrogen) atoms. The molecule has 0 saturated heterocycles. The Labute approximate surface area is 186 Å². The maximum Gasteiger partial charge on any atom is 0.228 e. The number of fused-ring (bicyclic) bond motifs is 2. The van der Waals surface area contributed by atoms with Gasteiger partial charge in [0.15, 0.2) is 11.6 Å². The summed E-state index contributed by atoms with van der Waals surface area (Å²) < 4.78 is 0. The van der Waals surface area contributed by atoms with Crippen molar-refractivity contribution in [3.05, 3.63) is 54.7 Å². The van der Waals surface area contributed by atoms with E-state index in [4.69, 9.17) is 0 Å². The van der Waals surface area contributed by atoms with Crippen LogP contribution in [0.5, 0.6) is 0 Å². The van der Waals surface area contributed by atoms with Gasteiger partial charge in [0.05, 0.1) is 21.4 Å². The molecule has 10 heteroatoms. The second-order valence-electron chi connectivity index (χ2n) is 7.24. The van der Waals surface area contributed by atoms with Crippen LogP contribution in [0.4, 0.5) is 0 Å². The molecule has 0 bridgehead atoms. The Kier molecular flexibility index (Phi) is 5.92. The fourth-order valence-electron chi connectivity index (χ4n) is 3.41. The van der Waals surface area contributed by atoms with Gasteiger partial charge >= 0.3 is 0 Å². The number of nitrogens with zero attached hydrogens (tertiary/aromatic N) is 2. The average Bonchev–Trinajstić information content (AvgIpc) is 3.32. The number of Topliss-reactive ketones (excluding diaryl/α,β-unsaturated/α-hetero) is 2. The van der Waals surface area contributed by atoms with E-state index in [1.807, 2.05) is 0 Å². The number of allylic oxidation sites excluding steroid dienone is 4. The molecule has 0 aromatic carbocycles. The molecule has 0 fully saturated rings. The Hall–Kier alpha value is -2.98. The van der Waals surface area contributed by atoms with Crippen LogP contribution < -0.4 is 10.6 Å². The minimum atomic E-state index is -0.246. The molecule has 8 nitrogen and oxygen atoms in total. The largest absolute Gasteiger partial charge is 0.382 e. The second-order valence-corrected chi connectivity index (χ2v) is 9.64. The van der Waals surface area contributed by atoms with Crippen molar-refractivity contribution in [2.24, 2.45) is 0 Å². The Bertz CT molecular complexity index is 1080. The molecule has 0 unspecified atom stereocenters. The zero-order valence-electron chi connectivity index (χ0n) is 17.0. The van der Waals surface area contributed by atoms with Gasteiger partial charge in [-0.3, -0.25) is 19.2 Å². The molecule has 2 aliphatic rings. The molecule has 0 radical (unpaired) electrons. The van der Waals surface area contributed by atoms with Gasteiger partial charge in [-0.15, -0.1) is 22.7 Å². The lowest BCUT2D eigenvalue weighted by Gasteiger charge is -2.14. The first-order valence-electron chi connectivity index (χ1n) is 9.89. The number of carbonyl (C=O) groups excluding carboxylic acids is 4. The molecule has 2 N–H and O–H groups in total. The first-order valence-corrected chi connectivity index (χ1v) is 11.5. The molecule has 0 aliphatic heterocycles. The van der Waals surface area contributed by atoms with Gasteiger partial charge in [-0.1, -0.05) is 0 Å². The highest BCUT2D eigenvalue weighted by Crippen LogP contribution is 2.26. The van der Waals surface area contributed by atoms with E-state index in [0.717, 1.165) is 19.3 Å². The van der Waals surface area contributed by atoms with E-state index in [1.54, 1.807) is 13.8 Å². The lowest BCUT2D eigenvalue weighted by molar-refractivity contribution is 0.0977. The molecule has 4 rings (SSSR count). The van der Waals surface area contributed by atoms with Crippen LogP contribution in [-0.2, 0) is 0 Å². The fraction of sp³-hybridized carbons (Fsp3) is 0.333. The van der Waals surface area contributed by atoms with Crippen LogP contribution in [0, 0.1) is 13.8 Å². The highest BCUT2D eigenvalue weighted by atomic mass is 32.1. The monoisotopic (exact) mass is 456 g/mol. The van der Waals surface area contributed by atoms with Gasteiger partial charge in [0.1, 0.15) is 21.1 Å². The third-order valence-electron chi connectivity index (χ3n) is 4.87. The summed E-state index contributed by atoms with van der Waals surface area (Å²) in [5, 5.41) is 7.47. The topological polar surface area (TPSA) is 118 Å². The number of aromatic nitrogens is 2. The van der Waals surface area contributed by atoms with Crippen LogP contribution in [0.1, 0.15) is 69.6 Å². The number of nitrogens with one attached hydrogen (secondary N) is 2. The molecular formula is C21H20N4O4S2. The van der Waals surface area contributed by atoms with Crippen LogP contribution in [-0.4, -0.2) is 46.2 Å². The number of hydrogen-bond donors (Lipinski definition) is 2. The van der Waals surface area contributed by atoms with E-state index < -0.39 is 0 Å². The van der Waals surface area contributed by atoms with Crippen molar-refractivity contribution in [3.63, 3.8) is 0 Å². The maximum atomic E-state index is 12.4. The van der Waals surface area contributed by atoms with E-state index in [2.05, 4.69) is 20.6 Å². The van der Waals surface area contributed by atoms with Crippen molar-refractivity contribution >= 4 is 45.8 Å². The minimum Gasteiger partial charge on any atom is -0.382 e. The van der Waals surface area contributed by atoms with Crippen molar-refractivity contribution in [2.75, 3.05) is 13.1 Å². The number of thiazole rings is 2. The summed E-state index contributed by atoms with van der Waals surface area (Å²) in [6.45, 7) is 4.64. The summed E-state index contributed by atoms with van der Waals surface area (Å²) in [7, 11) is 0. The lowest BCUT2D eigenvalue weighted by Crippen LogP contribution is -2.28. The first kappa shape index (κ1) is 21.3. The standard InChI is InChI=1S/C21H20N4O4S2/c1-10-24-16-18(28)12(8-14(26)20(16)30-10)22-6-4-3-5-7-23-13-9-15(27)21-17(19(13)29)25-11(2)31-21/h8-9,22-23H,3-7H2,1-2H3. The van der Waals surface area contributed by atoms with Crippen LogP contribution in [0.15, 0.2) is 23.5 Å². The van der Waals surface area contributed by atoms with Crippen molar-refractivity contribution < 1.29 is 19.2 Å². The Morgan fingerprint density at radius 3 is 1.55 bits per heavy atom. The third kappa shape index (κ3) is 4.26. The summed E-state index contributed by atoms with van der Waals surface area (Å²) in [6, 6.07) is 0. The summed E-state index contributed by atoms with van der Waals surface area (Å²) >= 11 is 2.47. The predicted octanol–water partition coefficient (Wildman–Crippen LogP) is 2.79. The van der Waals surface area contributed by atoms with Crippen molar-refractivity contribution in [3.8, 4) is 0 Å². The number of ketones is 4. The summed E-state index contributed by atoms with van der Waals surface area (Å²) in [6.07, 6.45) is 5.09. The molecule has 2 aromatic heterocycles.